The number of hydrogen-bond donors (Lipinski definition) is 2. The quantitative estimate of drug-likeness (QED) is 0.881. The molecule has 0 unspecified atom stereocenters. The molecule has 1 aliphatic carbocycles. The van der Waals surface area contributed by atoms with E-state index in [1.165, 1.54) is 0 Å². The lowest BCUT2D eigenvalue weighted by Gasteiger charge is -2.32. The van der Waals surface area contributed by atoms with Crippen molar-refractivity contribution >= 4 is 11.9 Å². The zero-order valence-corrected chi connectivity index (χ0v) is 13.8. The lowest BCUT2D eigenvalue weighted by Crippen LogP contribution is -2.46. The Morgan fingerprint density at radius 1 is 1.29 bits per heavy atom. The Hall–Kier alpha value is -2.63. The van der Waals surface area contributed by atoms with Crippen LogP contribution in [0.1, 0.15) is 40.2 Å². The molecule has 1 aromatic heterocycles. The van der Waals surface area contributed by atoms with Crippen molar-refractivity contribution in [1.82, 2.24) is 15.1 Å². The van der Waals surface area contributed by atoms with E-state index < -0.39 is 5.97 Å². The van der Waals surface area contributed by atoms with E-state index in [0.717, 1.165) is 17.0 Å². The van der Waals surface area contributed by atoms with Crippen LogP contribution in [0.5, 0.6) is 0 Å². The number of rotatable bonds is 5. The van der Waals surface area contributed by atoms with Crippen LogP contribution in [0.25, 0.3) is 0 Å². The monoisotopic (exact) mass is 327 g/mol. The van der Waals surface area contributed by atoms with Crippen LogP contribution in [0.4, 0.5) is 0 Å². The van der Waals surface area contributed by atoms with Gasteiger partial charge in [-0.2, -0.15) is 5.10 Å². The average molecular weight is 327 g/mol. The molecule has 0 bridgehead atoms. The number of amides is 1. The number of carboxylic acids is 1. The molecule has 0 saturated heterocycles. The van der Waals surface area contributed by atoms with E-state index >= 15 is 0 Å². The Morgan fingerprint density at radius 2 is 2.04 bits per heavy atom. The maximum Gasteiger partial charge on any atom is 0.306 e. The van der Waals surface area contributed by atoms with Gasteiger partial charge in [-0.3, -0.25) is 14.3 Å². The molecule has 0 atom stereocenters. The molecule has 2 aromatic rings. The number of carboxylic acid groups (broad SMARTS) is 1. The van der Waals surface area contributed by atoms with Gasteiger partial charge >= 0.3 is 5.97 Å². The molecule has 0 aliphatic heterocycles. The van der Waals surface area contributed by atoms with Crippen LogP contribution in [0.3, 0.4) is 0 Å². The Bertz CT molecular complexity index is 776. The lowest BCUT2D eigenvalue weighted by atomic mass is 9.80. The molecule has 1 fully saturated rings. The fourth-order valence-corrected chi connectivity index (χ4v) is 3.02. The zero-order valence-electron chi connectivity index (χ0n) is 13.8. The number of nitrogens with zero attached hydrogens (tertiary/aromatic N) is 2. The molecule has 1 aliphatic rings. The van der Waals surface area contributed by atoms with Gasteiger partial charge in [0.05, 0.1) is 18.2 Å². The highest BCUT2D eigenvalue weighted by Crippen LogP contribution is 2.27. The highest BCUT2D eigenvalue weighted by atomic mass is 16.4. The number of nitrogens with one attached hydrogen (secondary N) is 1. The Morgan fingerprint density at radius 3 is 2.67 bits per heavy atom. The predicted octanol–water partition coefficient (Wildman–Crippen LogP) is 2.14. The summed E-state index contributed by atoms with van der Waals surface area (Å²) in [7, 11) is 0. The van der Waals surface area contributed by atoms with Crippen LogP contribution < -0.4 is 5.32 Å². The minimum atomic E-state index is -0.785. The van der Waals surface area contributed by atoms with Crippen LogP contribution >= 0.6 is 0 Å². The van der Waals surface area contributed by atoms with Crippen molar-refractivity contribution in [3.8, 4) is 0 Å². The molecule has 126 valence electrons. The molecule has 1 heterocycles. The minimum Gasteiger partial charge on any atom is -0.481 e. The molecule has 6 heteroatoms. The van der Waals surface area contributed by atoms with Gasteiger partial charge in [0.2, 0.25) is 0 Å². The second-order valence-corrected chi connectivity index (χ2v) is 6.46. The number of carbonyl (C=O) groups excluding carboxylic acids is 1. The molecule has 1 aromatic carbocycles. The molecule has 24 heavy (non-hydrogen) atoms. The van der Waals surface area contributed by atoms with Gasteiger partial charge in [-0.1, -0.05) is 12.1 Å². The van der Waals surface area contributed by atoms with Crippen LogP contribution in [-0.4, -0.2) is 32.8 Å². The highest BCUT2D eigenvalue weighted by molar-refractivity contribution is 5.94. The second kappa shape index (κ2) is 6.47. The number of aromatic nitrogens is 2. The second-order valence-electron chi connectivity index (χ2n) is 6.46. The van der Waals surface area contributed by atoms with Gasteiger partial charge in [0, 0.05) is 17.3 Å². The van der Waals surface area contributed by atoms with E-state index in [-0.39, 0.29) is 17.9 Å². The first-order chi connectivity index (χ1) is 11.4. The summed E-state index contributed by atoms with van der Waals surface area (Å²) >= 11 is 0. The van der Waals surface area contributed by atoms with Gasteiger partial charge in [-0.25, -0.2) is 0 Å². The first kappa shape index (κ1) is 16.2. The maximum atomic E-state index is 12.3. The minimum absolute atomic E-state index is 0.0433. The fourth-order valence-electron chi connectivity index (χ4n) is 3.02. The highest BCUT2D eigenvalue weighted by Gasteiger charge is 2.35. The Balaban J connectivity index is 1.63. The predicted molar refractivity (Wildman–Crippen MR) is 88.9 cm³/mol. The molecule has 1 saturated carbocycles. The molecule has 2 N–H and O–H groups in total. The van der Waals surface area contributed by atoms with Crippen molar-refractivity contribution in [2.45, 2.75) is 39.3 Å². The summed E-state index contributed by atoms with van der Waals surface area (Å²) in [4.78, 5) is 23.1. The van der Waals surface area contributed by atoms with Crippen LogP contribution in [0.15, 0.2) is 30.3 Å². The Labute approximate surface area is 140 Å². The first-order valence-corrected chi connectivity index (χ1v) is 8.06. The van der Waals surface area contributed by atoms with E-state index in [0.29, 0.717) is 24.9 Å². The number of aliphatic carboxylic acids is 1. The van der Waals surface area contributed by atoms with Gasteiger partial charge in [-0.05, 0) is 50.5 Å². The maximum absolute atomic E-state index is 12.3. The number of carbonyl (C=O) groups is 2. The van der Waals surface area contributed by atoms with Crippen molar-refractivity contribution in [2.24, 2.45) is 5.92 Å². The molecule has 6 nitrogen and oxygen atoms in total. The molecular weight excluding hydrogens is 306 g/mol. The molecule has 3 rings (SSSR count). The smallest absolute Gasteiger partial charge is 0.306 e. The molecule has 1 amide bonds. The summed E-state index contributed by atoms with van der Waals surface area (Å²) in [5.74, 6) is -1.26. The topological polar surface area (TPSA) is 84.2 Å². The molecule has 0 radical (unpaired) electrons. The third-order valence-electron chi connectivity index (χ3n) is 4.45. The summed E-state index contributed by atoms with van der Waals surface area (Å²) in [5.41, 5.74) is 3.65. The summed E-state index contributed by atoms with van der Waals surface area (Å²) in [6.45, 7) is 4.58. The van der Waals surface area contributed by atoms with Crippen molar-refractivity contribution in [2.75, 3.05) is 0 Å². The fraction of sp³-hybridized carbons (Fsp3) is 0.389. The van der Waals surface area contributed by atoms with E-state index in [2.05, 4.69) is 10.4 Å². The molecule has 0 spiro atoms. The first-order valence-electron chi connectivity index (χ1n) is 8.06. The van der Waals surface area contributed by atoms with Gasteiger partial charge in [-0.15, -0.1) is 0 Å². The van der Waals surface area contributed by atoms with Gasteiger partial charge in [0.1, 0.15) is 0 Å². The summed E-state index contributed by atoms with van der Waals surface area (Å²) in [5, 5.41) is 16.2. The SMILES string of the molecule is Cc1cc(C)n(Cc2cccc(C(=O)NC3CC(C(=O)O)C3)c2)n1. The van der Waals surface area contributed by atoms with Crippen LogP contribution in [-0.2, 0) is 11.3 Å². The lowest BCUT2D eigenvalue weighted by molar-refractivity contribution is -0.145. The van der Waals surface area contributed by atoms with Crippen molar-refractivity contribution in [3.63, 3.8) is 0 Å². The van der Waals surface area contributed by atoms with Gasteiger partial charge < -0.3 is 10.4 Å². The van der Waals surface area contributed by atoms with E-state index in [1.54, 1.807) is 6.07 Å². The van der Waals surface area contributed by atoms with Crippen molar-refractivity contribution < 1.29 is 14.7 Å². The third kappa shape index (κ3) is 3.48. The largest absolute Gasteiger partial charge is 0.481 e. The van der Waals surface area contributed by atoms with Crippen molar-refractivity contribution in [3.05, 3.63) is 52.8 Å². The van der Waals surface area contributed by atoms with Crippen molar-refractivity contribution in [1.29, 1.82) is 0 Å². The normalized spacial score (nSPS) is 19.6. The summed E-state index contributed by atoms with van der Waals surface area (Å²) < 4.78 is 1.91. The van der Waals surface area contributed by atoms with E-state index in [1.807, 2.05) is 42.8 Å². The number of hydrogen-bond acceptors (Lipinski definition) is 3. The third-order valence-corrected chi connectivity index (χ3v) is 4.45. The Kier molecular flexibility index (Phi) is 4.38. The van der Waals surface area contributed by atoms with Crippen LogP contribution in [0, 0.1) is 19.8 Å². The number of benzene rings is 1. The zero-order chi connectivity index (χ0) is 17.3. The number of aryl methyl sites for hydroxylation is 2. The average Bonchev–Trinajstić information content (AvgIpc) is 2.80. The van der Waals surface area contributed by atoms with E-state index in [4.69, 9.17) is 5.11 Å². The summed E-state index contributed by atoms with van der Waals surface area (Å²) in [6, 6.07) is 9.44. The van der Waals surface area contributed by atoms with Gasteiger partial charge in [0.15, 0.2) is 0 Å². The van der Waals surface area contributed by atoms with E-state index in [9.17, 15) is 9.59 Å². The standard InChI is InChI=1S/C18H21N3O3/c1-11-6-12(2)21(20-11)10-13-4-3-5-14(7-13)17(22)19-16-8-15(9-16)18(23)24/h3-7,15-16H,8-10H2,1-2H3,(H,19,22)(H,23,24). The van der Waals surface area contributed by atoms with Crippen LogP contribution in [0.2, 0.25) is 0 Å². The molecular formula is C18H21N3O3. The van der Waals surface area contributed by atoms with Gasteiger partial charge in [0.25, 0.3) is 5.91 Å². The summed E-state index contributed by atoms with van der Waals surface area (Å²) in [6.07, 6.45) is 1.01.